The molecule has 98 valence electrons. The van der Waals surface area contributed by atoms with Gasteiger partial charge in [0.25, 0.3) is 0 Å². The summed E-state index contributed by atoms with van der Waals surface area (Å²) < 4.78 is 30.4. The summed E-state index contributed by atoms with van der Waals surface area (Å²) in [5, 5.41) is 0. The van der Waals surface area contributed by atoms with Gasteiger partial charge in [0, 0.05) is 19.7 Å². The lowest BCUT2D eigenvalue weighted by Crippen LogP contribution is -2.34. The molecule has 1 unspecified atom stereocenters. The number of methoxy groups -OCH3 is 1. The van der Waals surface area contributed by atoms with Gasteiger partial charge < -0.3 is 10.5 Å². The standard InChI is InChI=1S/C10H24N2O3S/c1-9(2)5-7-16(13,14)12-6-4-10(11)8-15-3/h9-10,12H,4-8,11H2,1-3H3. The minimum absolute atomic E-state index is 0.113. The average Bonchev–Trinajstić information content (AvgIpc) is 2.15. The summed E-state index contributed by atoms with van der Waals surface area (Å²) in [6.45, 7) is 4.84. The lowest BCUT2D eigenvalue weighted by Gasteiger charge is -2.11. The molecule has 0 amide bonds. The van der Waals surface area contributed by atoms with Crippen LogP contribution in [0.2, 0.25) is 0 Å². The van der Waals surface area contributed by atoms with Crippen molar-refractivity contribution in [2.24, 2.45) is 11.7 Å². The van der Waals surface area contributed by atoms with Crippen LogP contribution in [0.4, 0.5) is 0 Å². The summed E-state index contributed by atoms with van der Waals surface area (Å²) in [5.41, 5.74) is 5.68. The first-order valence-corrected chi connectivity index (χ1v) is 7.24. The number of nitrogens with two attached hydrogens (primary N) is 1. The molecule has 0 aliphatic carbocycles. The van der Waals surface area contributed by atoms with Crippen LogP contribution in [0.3, 0.4) is 0 Å². The fourth-order valence-electron chi connectivity index (χ4n) is 1.16. The van der Waals surface area contributed by atoms with Crippen molar-refractivity contribution in [3.63, 3.8) is 0 Å². The molecule has 0 bridgehead atoms. The van der Waals surface area contributed by atoms with Gasteiger partial charge in [-0.1, -0.05) is 13.8 Å². The zero-order valence-electron chi connectivity index (χ0n) is 10.4. The van der Waals surface area contributed by atoms with Crippen molar-refractivity contribution in [2.75, 3.05) is 26.0 Å². The van der Waals surface area contributed by atoms with Gasteiger partial charge in [0.15, 0.2) is 0 Å². The van der Waals surface area contributed by atoms with E-state index in [1.165, 1.54) is 0 Å². The van der Waals surface area contributed by atoms with Crippen LogP contribution in [0.1, 0.15) is 26.7 Å². The Balaban J connectivity index is 3.74. The summed E-state index contributed by atoms with van der Waals surface area (Å²) in [6, 6.07) is -0.113. The average molecular weight is 252 g/mol. The highest BCUT2D eigenvalue weighted by Crippen LogP contribution is 2.01. The number of hydrogen-bond acceptors (Lipinski definition) is 4. The Bertz CT molecular complexity index is 265. The van der Waals surface area contributed by atoms with E-state index < -0.39 is 10.0 Å². The van der Waals surface area contributed by atoms with Crippen LogP contribution in [-0.2, 0) is 14.8 Å². The maximum absolute atomic E-state index is 11.5. The Kier molecular flexibility index (Phi) is 7.91. The predicted octanol–water partition coefficient (Wildman–Crippen LogP) is 0.316. The van der Waals surface area contributed by atoms with E-state index in [-0.39, 0.29) is 11.8 Å². The molecule has 3 N–H and O–H groups in total. The monoisotopic (exact) mass is 252 g/mol. The molecule has 0 aromatic carbocycles. The third-order valence-electron chi connectivity index (χ3n) is 2.18. The summed E-state index contributed by atoms with van der Waals surface area (Å²) in [4.78, 5) is 0. The minimum atomic E-state index is -3.13. The van der Waals surface area contributed by atoms with Crippen molar-refractivity contribution >= 4 is 10.0 Å². The first-order valence-electron chi connectivity index (χ1n) is 5.59. The normalized spacial score (nSPS) is 14.3. The smallest absolute Gasteiger partial charge is 0.211 e. The molecule has 0 aliphatic heterocycles. The Morgan fingerprint density at radius 3 is 2.44 bits per heavy atom. The summed E-state index contributed by atoms with van der Waals surface area (Å²) in [7, 11) is -1.56. The SMILES string of the molecule is COCC(N)CCNS(=O)(=O)CCC(C)C. The van der Waals surface area contributed by atoms with Crippen LogP contribution in [0, 0.1) is 5.92 Å². The molecule has 6 heteroatoms. The Morgan fingerprint density at radius 2 is 1.94 bits per heavy atom. The molecular weight excluding hydrogens is 228 g/mol. The molecule has 0 radical (unpaired) electrons. The van der Waals surface area contributed by atoms with E-state index in [1.807, 2.05) is 13.8 Å². The fourth-order valence-corrected chi connectivity index (χ4v) is 2.52. The van der Waals surface area contributed by atoms with Gasteiger partial charge >= 0.3 is 0 Å². The number of rotatable bonds is 9. The lowest BCUT2D eigenvalue weighted by molar-refractivity contribution is 0.177. The van der Waals surface area contributed by atoms with E-state index in [2.05, 4.69) is 4.72 Å². The third kappa shape index (κ3) is 9.08. The topological polar surface area (TPSA) is 81.4 Å². The first-order chi connectivity index (χ1) is 7.37. The molecule has 0 aromatic heterocycles. The van der Waals surface area contributed by atoms with Crippen molar-refractivity contribution in [1.82, 2.24) is 4.72 Å². The number of ether oxygens (including phenoxy) is 1. The Hall–Kier alpha value is -0.170. The van der Waals surface area contributed by atoms with Gasteiger partial charge in [-0.05, 0) is 18.8 Å². The number of nitrogens with one attached hydrogen (secondary N) is 1. The highest BCUT2D eigenvalue weighted by molar-refractivity contribution is 7.89. The molecule has 0 spiro atoms. The maximum Gasteiger partial charge on any atom is 0.211 e. The second-order valence-electron chi connectivity index (χ2n) is 4.40. The van der Waals surface area contributed by atoms with Crippen LogP contribution < -0.4 is 10.5 Å². The molecule has 5 nitrogen and oxygen atoms in total. The molecular formula is C10H24N2O3S. The Labute approximate surface area is 98.8 Å². The molecule has 0 fully saturated rings. The molecule has 0 aromatic rings. The largest absolute Gasteiger partial charge is 0.383 e. The van der Waals surface area contributed by atoms with Crippen LogP contribution in [-0.4, -0.2) is 40.5 Å². The number of hydrogen-bond donors (Lipinski definition) is 2. The van der Waals surface area contributed by atoms with Crippen LogP contribution in [0.25, 0.3) is 0 Å². The highest BCUT2D eigenvalue weighted by Gasteiger charge is 2.11. The third-order valence-corrected chi connectivity index (χ3v) is 3.60. The van der Waals surface area contributed by atoms with Crippen LogP contribution in [0.5, 0.6) is 0 Å². The maximum atomic E-state index is 11.5. The second-order valence-corrected chi connectivity index (χ2v) is 6.33. The van der Waals surface area contributed by atoms with Gasteiger partial charge in [0.2, 0.25) is 10.0 Å². The van der Waals surface area contributed by atoms with Crippen molar-refractivity contribution in [3.05, 3.63) is 0 Å². The van der Waals surface area contributed by atoms with E-state index in [1.54, 1.807) is 7.11 Å². The van der Waals surface area contributed by atoms with Crippen LogP contribution >= 0.6 is 0 Å². The van der Waals surface area contributed by atoms with E-state index in [9.17, 15) is 8.42 Å². The first kappa shape index (κ1) is 15.8. The highest BCUT2D eigenvalue weighted by atomic mass is 32.2. The predicted molar refractivity (Wildman–Crippen MR) is 65.7 cm³/mol. The number of sulfonamides is 1. The quantitative estimate of drug-likeness (QED) is 0.619. The molecule has 0 rings (SSSR count). The van der Waals surface area contributed by atoms with Crippen LogP contribution in [0.15, 0.2) is 0 Å². The molecule has 1 atom stereocenters. The van der Waals surface area contributed by atoms with E-state index in [4.69, 9.17) is 10.5 Å². The van der Waals surface area contributed by atoms with E-state index >= 15 is 0 Å². The van der Waals surface area contributed by atoms with Gasteiger partial charge in [0.1, 0.15) is 0 Å². The van der Waals surface area contributed by atoms with Gasteiger partial charge in [-0.15, -0.1) is 0 Å². The molecule has 0 saturated carbocycles. The van der Waals surface area contributed by atoms with Crippen molar-refractivity contribution in [2.45, 2.75) is 32.7 Å². The molecule has 16 heavy (non-hydrogen) atoms. The minimum Gasteiger partial charge on any atom is -0.383 e. The van der Waals surface area contributed by atoms with Gasteiger partial charge in [-0.3, -0.25) is 0 Å². The Morgan fingerprint density at radius 1 is 1.31 bits per heavy atom. The van der Waals surface area contributed by atoms with E-state index in [0.717, 1.165) is 0 Å². The molecule has 0 heterocycles. The van der Waals surface area contributed by atoms with Crippen molar-refractivity contribution < 1.29 is 13.2 Å². The van der Waals surface area contributed by atoms with Crippen molar-refractivity contribution in [3.8, 4) is 0 Å². The zero-order valence-corrected chi connectivity index (χ0v) is 11.2. The van der Waals surface area contributed by atoms with Gasteiger partial charge in [0.05, 0.1) is 12.4 Å². The summed E-state index contributed by atoms with van der Waals surface area (Å²) in [6.07, 6.45) is 1.27. The van der Waals surface area contributed by atoms with Gasteiger partial charge in [-0.2, -0.15) is 0 Å². The molecule has 0 saturated heterocycles. The fraction of sp³-hybridized carbons (Fsp3) is 1.00. The van der Waals surface area contributed by atoms with Gasteiger partial charge in [-0.25, -0.2) is 13.1 Å². The van der Waals surface area contributed by atoms with E-state index in [0.29, 0.717) is 31.9 Å². The lowest BCUT2D eigenvalue weighted by atomic mass is 10.2. The zero-order chi connectivity index (χ0) is 12.6. The van der Waals surface area contributed by atoms with Crippen molar-refractivity contribution in [1.29, 1.82) is 0 Å². The second kappa shape index (κ2) is 8.00. The molecule has 0 aliphatic rings. The summed E-state index contributed by atoms with van der Waals surface area (Å²) >= 11 is 0. The summed E-state index contributed by atoms with van der Waals surface area (Å²) in [5.74, 6) is 0.580.